The van der Waals surface area contributed by atoms with Gasteiger partial charge in [0.2, 0.25) is 0 Å². The Bertz CT molecular complexity index is 502. The van der Waals surface area contributed by atoms with E-state index in [-0.39, 0.29) is 5.78 Å². The highest BCUT2D eigenvalue weighted by molar-refractivity contribution is 7.09. The van der Waals surface area contributed by atoms with Gasteiger partial charge in [0.05, 0.1) is 10.7 Å². The smallest absolute Gasteiger partial charge is 0.160 e. The molecule has 0 saturated heterocycles. The molecule has 1 heterocycles. The summed E-state index contributed by atoms with van der Waals surface area (Å²) in [4.78, 5) is 15.8. The fourth-order valence-electron chi connectivity index (χ4n) is 1.50. The van der Waals surface area contributed by atoms with Gasteiger partial charge >= 0.3 is 0 Å². The molecule has 0 atom stereocenters. The minimum Gasteiger partial charge on any atom is -0.294 e. The number of ketones is 1. The van der Waals surface area contributed by atoms with Crippen LogP contribution in [0.2, 0.25) is 0 Å². The van der Waals surface area contributed by atoms with Gasteiger partial charge in [0.1, 0.15) is 0 Å². The van der Waals surface area contributed by atoms with Crippen molar-refractivity contribution in [3.05, 3.63) is 40.2 Å². The summed E-state index contributed by atoms with van der Waals surface area (Å²) in [7, 11) is 0. The number of hydrogen-bond acceptors (Lipinski definition) is 3. The summed E-state index contributed by atoms with van der Waals surface area (Å²) in [5.74, 6) is 0.0799. The van der Waals surface area contributed by atoms with E-state index in [4.69, 9.17) is 0 Å². The van der Waals surface area contributed by atoms with Gasteiger partial charge in [-0.3, -0.25) is 4.79 Å². The van der Waals surface area contributed by atoms with Crippen LogP contribution in [-0.4, -0.2) is 10.8 Å². The van der Waals surface area contributed by atoms with Crippen LogP contribution in [0.25, 0.3) is 11.3 Å². The van der Waals surface area contributed by atoms with Crippen molar-refractivity contribution in [3.63, 3.8) is 0 Å². The lowest BCUT2D eigenvalue weighted by Gasteiger charge is -2.02. The van der Waals surface area contributed by atoms with Crippen LogP contribution in [-0.2, 0) is 0 Å². The van der Waals surface area contributed by atoms with Crippen LogP contribution in [0, 0.1) is 6.92 Å². The molecular weight excluding hydrogens is 206 g/mol. The molecule has 1 aromatic heterocycles. The van der Waals surface area contributed by atoms with E-state index in [1.54, 1.807) is 18.3 Å². The monoisotopic (exact) mass is 217 g/mol. The average Bonchev–Trinajstić information content (AvgIpc) is 2.65. The van der Waals surface area contributed by atoms with Crippen LogP contribution in [0.15, 0.2) is 29.6 Å². The van der Waals surface area contributed by atoms with E-state index in [9.17, 15) is 4.79 Å². The van der Waals surface area contributed by atoms with Gasteiger partial charge in [-0.2, -0.15) is 0 Å². The Morgan fingerprint density at radius 1 is 1.33 bits per heavy atom. The van der Waals surface area contributed by atoms with Gasteiger partial charge in [0.25, 0.3) is 0 Å². The zero-order valence-corrected chi connectivity index (χ0v) is 9.47. The molecule has 2 nitrogen and oxygen atoms in total. The molecule has 0 spiro atoms. The highest BCUT2D eigenvalue weighted by Crippen LogP contribution is 2.25. The first-order valence-electron chi connectivity index (χ1n) is 4.71. The van der Waals surface area contributed by atoms with Crippen LogP contribution < -0.4 is 0 Å². The maximum Gasteiger partial charge on any atom is 0.160 e. The number of aryl methyl sites for hydroxylation is 1. The summed E-state index contributed by atoms with van der Waals surface area (Å²) in [6.07, 6.45) is 0. The van der Waals surface area contributed by atoms with Crippen LogP contribution in [0.3, 0.4) is 0 Å². The van der Waals surface area contributed by atoms with Crippen molar-refractivity contribution in [2.45, 2.75) is 13.8 Å². The quantitative estimate of drug-likeness (QED) is 0.722. The lowest BCUT2D eigenvalue weighted by Crippen LogP contribution is -1.95. The second-order valence-electron chi connectivity index (χ2n) is 3.35. The molecule has 0 aliphatic heterocycles. The number of aromatic nitrogens is 1. The van der Waals surface area contributed by atoms with Gasteiger partial charge in [0, 0.05) is 16.5 Å². The van der Waals surface area contributed by atoms with Crippen molar-refractivity contribution in [1.82, 2.24) is 4.98 Å². The molecule has 1 aromatic carbocycles. The number of Topliss-reactive ketones (excluding diaryl/α,β-unsaturated/α-hetero) is 1. The zero-order chi connectivity index (χ0) is 10.8. The number of nitrogens with zero attached hydrogens (tertiary/aromatic N) is 1. The predicted molar refractivity (Wildman–Crippen MR) is 62.3 cm³/mol. The summed E-state index contributed by atoms with van der Waals surface area (Å²) in [6.45, 7) is 3.54. The molecule has 2 rings (SSSR count). The van der Waals surface area contributed by atoms with E-state index in [0.717, 1.165) is 21.8 Å². The molecule has 15 heavy (non-hydrogen) atoms. The van der Waals surface area contributed by atoms with Crippen molar-refractivity contribution < 1.29 is 4.79 Å². The molecule has 0 bridgehead atoms. The average molecular weight is 217 g/mol. The topological polar surface area (TPSA) is 30.0 Å². The third-order valence-electron chi connectivity index (χ3n) is 2.20. The molecule has 0 N–H and O–H groups in total. The van der Waals surface area contributed by atoms with Crippen LogP contribution >= 0.6 is 11.3 Å². The lowest BCUT2D eigenvalue weighted by atomic mass is 10.0. The number of rotatable bonds is 2. The molecule has 0 radical (unpaired) electrons. The Hall–Kier alpha value is -1.48. The van der Waals surface area contributed by atoms with Crippen LogP contribution in [0.5, 0.6) is 0 Å². The second-order valence-corrected chi connectivity index (χ2v) is 4.42. The molecule has 3 heteroatoms. The molecule has 0 amide bonds. The summed E-state index contributed by atoms with van der Waals surface area (Å²) >= 11 is 1.60. The van der Waals surface area contributed by atoms with E-state index in [1.807, 2.05) is 36.6 Å². The predicted octanol–water partition coefficient (Wildman–Crippen LogP) is 3.32. The van der Waals surface area contributed by atoms with E-state index in [2.05, 4.69) is 4.98 Å². The summed E-state index contributed by atoms with van der Waals surface area (Å²) in [6, 6.07) is 7.58. The van der Waals surface area contributed by atoms with Gasteiger partial charge in [-0.15, -0.1) is 11.3 Å². The Labute approximate surface area is 92.6 Å². The Morgan fingerprint density at radius 3 is 2.67 bits per heavy atom. The van der Waals surface area contributed by atoms with E-state index in [0.29, 0.717) is 0 Å². The maximum atomic E-state index is 11.4. The summed E-state index contributed by atoms with van der Waals surface area (Å²) in [5, 5.41) is 3.00. The first-order valence-corrected chi connectivity index (χ1v) is 5.59. The van der Waals surface area contributed by atoms with Crippen molar-refractivity contribution in [3.8, 4) is 11.3 Å². The van der Waals surface area contributed by atoms with Crippen molar-refractivity contribution in [1.29, 1.82) is 0 Å². The molecule has 0 saturated carbocycles. The van der Waals surface area contributed by atoms with Crippen LogP contribution in [0.4, 0.5) is 0 Å². The number of carbonyl (C=O) groups is 1. The Balaban J connectivity index is 2.57. The maximum absolute atomic E-state index is 11.4. The Kier molecular flexibility index (Phi) is 2.64. The third kappa shape index (κ3) is 1.97. The standard InChI is InChI=1S/C12H11NOS/c1-8(14)10-5-3-4-6-11(10)12-7-15-9(2)13-12/h3-7H,1-2H3. The number of thiazole rings is 1. The highest BCUT2D eigenvalue weighted by atomic mass is 32.1. The van der Waals surface area contributed by atoms with Gasteiger partial charge in [0.15, 0.2) is 5.78 Å². The molecule has 0 aliphatic rings. The third-order valence-corrected chi connectivity index (χ3v) is 2.97. The minimum atomic E-state index is 0.0799. The Morgan fingerprint density at radius 2 is 2.07 bits per heavy atom. The number of hydrogen-bond donors (Lipinski definition) is 0. The number of benzene rings is 1. The molecular formula is C12H11NOS. The van der Waals surface area contributed by atoms with Gasteiger partial charge in [-0.05, 0) is 13.8 Å². The van der Waals surface area contributed by atoms with E-state index in [1.165, 1.54) is 0 Å². The normalized spacial score (nSPS) is 10.3. The van der Waals surface area contributed by atoms with Crippen molar-refractivity contribution >= 4 is 17.1 Å². The second kappa shape index (κ2) is 3.95. The molecule has 76 valence electrons. The van der Waals surface area contributed by atoms with E-state index < -0.39 is 0 Å². The summed E-state index contributed by atoms with van der Waals surface area (Å²) < 4.78 is 0. The summed E-state index contributed by atoms with van der Waals surface area (Å²) in [5.41, 5.74) is 2.56. The number of carbonyl (C=O) groups excluding carboxylic acids is 1. The van der Waals surface area contributed by atoms with Crippen molar-refractivity contribution in [2.24, 2.45) is 0 Å². The van der Waals surface area contributed by atoms with Crippen LogP contribution in [0.1, 0.15) is 22.3 Å². The molecule has 0 aliphatic carbocycles. The van der Waals surface area contributed by atoms with Crippen molar-refractivity contribution in [2.75, 3.05) is 0 Å². The lowest BCUT2D eigenvalue weighted by molar-refractivity contribution is 0.101. The molecule has 2 aromatic rings. The fraction of sp³-hybridized carbons (Fsp3) is 0.167. The molecule has 0 unspecified atom stereocenters. The fourth-order valence-corrected chi connectivity index (χ4v) is 2.11. The zero-order valence-electron chi connectivity index (χ0n) is 8.65. The largest absolute Gasteiger partial charge is 0.294 e. The minimum absolute atomic E-state index is 0.0799. The van der Waals surface area contributed by atoms with Gasteiger partial charge < -0.3 is 0 Å². The van der Waals surface area contributed by atoms with Gasteiger partial charge in [-0.1, -0.05) is 24.3 Å². The first-order chi connectivity index (χ1) is 7.18. The van der Waals surface area contributed by atoms with Gasteiger partial charge in [-0.25, -0.2) is 4.98 Å². The SMILES string of the molecule is CC(=O)c1ccccc1-c1csc(C)n1. The first kappa shape index (κ1) is 10.1. The van der Waals surface area contributed by atoms with E-state index >= 15 is 0 Å². The highest BCUT2D eigenvalue weighted by Gasteiger charge is 2.10. The molecule has 0 fully saturated rings.